The number of nitrogens with one attached hydrogen (secondary N) is 1. The predicted octanol–water partition coefficient (Wildman–Crippen LogP) is 2.41. The van der Waals surface area contributed by atoms with E-state index in [1.807, 2.05) is 30.3 Å². The second kappa shape index (κ2) is 7.88. The number of carbonyl (C=O) groups excluding carboxylic acids is 1. The topological polar surface area (TPSA) is 64.1 Å². The first-order valence-electron chi connectivity index (χ1n) is 6.15. The summed E-state index contributed by atoms with van der Waals surface area (Å²) in [6, 6.07) is 9.43. The van der Waals surface area contributed by atoms with Gasteiger partial charge in [0.15, 0.2) is 0 Å². The largest absolute Gasteiger partial charge is 0.445 e. The number of rotatable bonds is 3. The van der Waals surface area contributed by atoms with Crippen LogP contribution in [-0.2, 0) is 11.3 Å². The number of carbonyl (C=O) groups is 1. The maximum atomic E-state index is 11.4. The molecule has 0 aliphatic rings. The van der Waals surface area contributed by atoms with Gasteiger partial charge in [-0.3, -0.25) is 0 Å². The Morgan fingerprint density at radius 3 is 2.67 bits per heavy atom. The molecule has 1 amide bonds. The van der Waals surface area contributed by atoms with Crippen LogP contribution >= 0.6 is 11.6 Å². The standard InChI is InChI=1S/C15H12ClN3O2/c16-13-9-18-14(19-10-13)7-4-8-17-15(20)21-11-12-5-2-1-3-6-12/h1-3,5-6,9-10H,8,11H2,(H,17,20). The molecule has 0 bridgehead atoms. The van der Waals surface area contributed by atoms with Gasteiger partial charge < -0.3 is 10.1 Å². The van der Waals surface area contributed by atoms with E-state index in [0.29, 0.717) is 10.8 Å². The zero-order chi connectivity index (χ0) is 14.9. The molecule has 1 aromatic carbocycles. The first-order chi connectivity index (χ1) is 10.2. The van der Waals surface area contributed by atoms with Crippen molar-refractivity contribution < 1.29 is 9.53 Å². The molecule has 0 atom stereocenters. The van der Waals surface area contributed by atoms with Crippen molar-refractivity contribution in [1.82, 2.24) is 15.3 Å². The lowest BCUT2D eigenvalue weighted by atomic mass is 10.2. The molecule has 0 unspecified atom stereocenters. The Balaban J connectivity index is 1.71. The van der Waals surface area contributed by atoms with E-state index < -0.39 is 6.09 Å². The quantitative estimate of drug-likeness (QED) is 0.884. The third-order valence-electron chi connectivity index (χ3n) is 2.35. The second-order valence-electron chi connectivity index (χ2n) is 3.94. The maximum Gasteiger partial charge on any atom is 0.408 e. The molecule has 21 heavy (non-hydrogen) atoms. The molecule has 0 saturated carbocycles. The van der Waals surface area contributed by atoms with Crippen molar-refractivity contribution in [3.8, 4) is 11.8 Å². The highest BCUT2D eigenvalue weighted by Gasteiger charge is 2.00. The first-order valence-corrected chi connectivity index (χ1v) is 6.53. The number of ether oxygens (including phenoxy) is 1. The lowest BCUT2D eigenvalue weighted by Gasteiger charge is -2.04. The molecular weight excluding hydrogens is 290 g/mol. The van der Waals surface area contributed by atoms with Gasteiger partial charge in [-0.25, -0.2) is 14.8 Å². The molecule has 2 aromatic rings. The second-order valence-corrected chi connectivity index (χ2v) is 4.38. The van der Waals surface area contributed by atoms with E-state index in [1.165, 1.54) is 12.4 Å². The van der Waals surface area contributed by atoms with E-state index >= 15 is 0 Å². The molecule has 1 N–H and O–H groups in total. The lowest BCUT2D eigenvalue weighted by molar-refractivity contribution is 0.141. The van der Waals surface area contributed by atoms with Gasteiger partial charge in [-0.1, -0.05) is 47.9 Å². The van der Waals surface area contributed by atoms with Crippen molar-refractivity contribution in [3.63, 3.8) is 0 Å². The van der Waals surface area contributed by atoms with Crippen molar-refractivity contribution in [3.05, 3.63) is 59.1 Å². The Labute approximate surface area is 127 Å². The molecule has 0 fully saturated rings. The fraction of sp³-hybridized carbons (Fsp3) is 0.133. The fourth-order valence-corrected chi connectivity index (χ4v) is 1.49. The van der Waals surface area contributed by atoms with Gasteiger partial charge in [0.2, 0.25) is 5.82 Å². The first kappa shape index (κ1) is 14.8. The van der Waals surface area contributed by atoms with E-state index in [1.54, 1.807) is 0 Å². The number of halogens is 1. The van der Waals surface area contributed by atoms with Gasteiger partial charge in [-0.05, 0) is 11.5 Å². The normalized spacial score (nSPS) is 9.38. The van der Waals surface area contributed by atoms with Crippen LogP contribution in [0.2, 0.25) is 5.02 Å². The minimum atomic E-state index is -0.523. The number of amides is 1. The Morgan fingerprint density at radius 1 is 1.24 bits per heavy atom. The number of hydrogen-bond acceptors (Lipinski definition) is 4. The van der Waals surface area contributed by atoms with Gasteiger partial charge in [0.25, 0.3) is 0 Å². The SMILES string of the molecule is O=C(NCC#Cc1ncc(Cl)cn1)OCc1ccccc1. The molecule has 1 aromatic heterocycles. The summed E-state index contributed by atoms with van der Waals surface area (Å²) < 4.78 is 5.03. The average Bonchev–Trinajstić information content (AvgIpc) is 2.52. The van der Waals surface area contributed by atoms with Crippen LogP contribution in [0, 0.1) is 11.8 Å². The van der Waals surface area contributed by atoms with E-state index in [0.717, 1.165) is 5.56 Å². The van der Waals surface area contributed by atoms with E-state index in [4.69, 9.17) is 16.3 Å². The lowest BCUT2D eigenvalue weighted by Crippen LogP contribution is -2.24. The third-order valence-corrected chi connectivity index (χ3v) is 2.55. The molecule has 106 valence electrons. The zero-order valence-corrected chi connectivity index (χ0v) is 11.8. The van der Waals surface area contributed by atoms with Crippen LogP contribution in [0.25, 0.3) is 0 Å². The molecule has 0 aliphatic carbocycles. The molecule has 6 heteroatoms. The molecule has 0 aliphatic heterocycles. The molecule has 2 rings (SSSR count). The number of alkyl carbamates (subject to hydrolysis) is 1. The highest BCUT2D eigenvalue weighted by Crippen LogP contribution is 2.02. The van der Waals surface area contributed by atoms with Gasteiger partial charge in [0, 0.05) is 0 Å². The van der Waals surface area contributed by atoms with Crippen molar-refractivity contribution >= 4 is 17.7 Å². The van der Waals surface area contributed by atoms with Crippen molar-refractivity contribution in [2.75, 3.05) is 6.54 Å². The Kier molecular flexibility index (Phi) is 5.56. The fourth-order valence-electron chi connectivity index (χ4n) is 1.39. The minimum Gasteiger partial charge on any atom is -0.445 e. The number of aromatic nitrogens is 2. The highest BCUT2D eigenvalue weighted by atomic mass is 35.5. The van der Waals surface area contributed by atoms with Crippen LogP contribution in [0.1, 0.15) is 11.4 Å². The van der Waals surface area contributed by atoms with Crippen LogP contribution < -0.4 is 5.32 Å². The molecular formula is C15H12ClN3O2. The summed E-state index contributed by atoms with van der Waals surface area (Å²) in [7, 11) is 0. The van der Waals surface area contributed by atoms with Gasteiger partial charge in [-0.15, -0.1) is 0 Å². The van der Waals surface area contributed by atoms with Gasteiger partial charge in [-0.2, -0.15) is 0 Å². The molecule has 0 spiro atoms. The monoisotopic (exact) mass is 301 g/mol. The summed E-state index contributed by atoms with van der Waals surface area (Å²) in [4.78, 5) is 19.2. The smallest absolute Gasteiger partial charge is 0.408 e. The van der Waals surface area contributed by atoms with E-state index in [-0.39, 0.29) is 13.2 Å². The molecule has 1 heterocycles. The minimum absolute atomic E-state index is 0.152. The highest BCUT2D eigenvalue weighted by molar-refractivity contribution is 6.30. The summed E-state index contributed by atoms with van der Waals surface area (Å²) in [5, 5.41) is 2.97. The summed E-state index contributed by atoms with van der Waals surface area (Å²) in [5.41, 5.74) is 0.924. The van der Waals surface area contributed by atoms with Gasteiger partial charge >= 0.3 is 6.09 Å². The van der Waals surface area contributed by atoms with Crippen LogP contribution in [0.4, 0.5) is 4.79 Å². The number of hydrogen-bond donors (Lipinski definition) is 1. The summed E-state index contributed by atoms with van der Waals surface area (Å²) in [6.07, 6.45) is 2.39. The van der Waals surface area contributed by atoms with Crippen LogP contribution in [-0.4, -0.2) is 22.6 Å². The van der Waals surface area contributed by atoms with Crippen molar-refractivity contribution in [2.45, 2.75) is 6.61 Å². The van der Waals surface area contributed by atoms with Crippen molar-refractivity contribution in [2.24, 2.45) is 0 Å². The van der Waals surface area contributed by atoms with E-state index in [2.05, 4.69) is 27.1 Å². The van der Waals surface area contributed by atoms with E-state index in [9.17, 15) is 4.79 Å². The average molecular weight is 302 g/mol. The van der Waals surface area contributed by atoms with Crippen LogP contribution in [0.5, 0.6) is 0 Å². The summed E-state index contributed by atoms with van der Waals surface area (Å²) in [6.45, 7) is 0.375. The third kappa shape index (κ3) is 5.51. The Morgan fingerprint density at radius 2 is 1.95 bits per heavy atom. The summed E-state index contributed by atoms with van der Waals surface area (Å²) >= 11 is 5.65. The maximum absolute atomic E-state index is 11.4. The van der Waals surface area contributed by atoms with Gasteiger partial charge in [0.1, 0.15) is 6.61 Å². The molecule has 5 nitrogen and oxygen atoms in total. The van der Waals surface area contributed by atoms with Crippen molar-refractivity contribution in [1.29, 1.82) is 0 Å². The zero-order valence-electron chi connectivity index (χ0n) is 11.0. The van der Waals surface area contributed by atoms with Crippen LogP contribution in [0.3, 0.4) is 0 Å². The Hall–Kier alpha value is -2.58. The predicted molar refractivity (Wildman–Crippen MR) is 78.5 cm³/mol. The number of benzene rings is 1. The number of nitrogens with zero attached hydrogens (tertiary/aromatic N) is 2. The van der Waals surface area contributed by atoms with Crippen LogP contribution in [0.15, 0.2) is 42.7 Å². The summed E-state index contributed by atoms with van der Waals surface area (Å²) in [5.74, 6) is 5.77. The Bertz CT molecular complexity index is 648. The molecule has 0 radical (unpaired) electrons. The molecule has 0 saturated heterocycles. The van der Waals surface area contributed by atoms with Gasteiger partial charge in [0.05, 0.1) is 24.0 Å².